The van der Waals surface area contributed by atoms with Gasteiger partial charge in [-0.05, 0) is 24.4 Å². The Hall–Kier alpha value is -1.11. The summed E-state index contributed by atoms with van der Waals surface area (Å²) in [4.78, 5) is 0. The summed E-state index contributed by atoms with van der Waals surface area (Å²) in [5.74, 6) is -0.437. The molecule has 0 saturated heterocycles. The molecule has 0 amide bonds. The molecule has 0 aliphatic rings. The maximum Gasteiger partial charge on any atom is 0.225 e. The Morgan fingerprint density at radius 3 is 2.38 bits per heavy atom. The minimum absolute atomic E-state index is 0.0976. The van der Waals surface area contributed by atoms with Crippen LogP contribution < -0.4 is 5.73 Å². The van der Waals surface area contributed by atoms with Crippen LogP contribution in [0.1, 0.15) is 0 Å². The van der Waals surface area contributed by atoms with Crippen LogP contribution in [-0.2, 0) is 0 Å². The third-order valence-corrected chi connectivity index (χ3v) is 2.75. The first-order chi connectivity index (χ1) is 7.50. The summed E-state index contributed by atoms with van der Waals surface area (Å²) in [5.41, 5.74) is 5.90. The third-order valence-electron chi connectivity index (χ3n) is 1.90. The normalized spacial score (nSPS) is 10.7. The number of nitrogens with one attached hydrogen (secondary N) is 1. The number of aromatic amines is 1. The smallest absolute Gasteiger partial charge is 0.225 e. The SMILES string of the molecule is Nc1n[nH]c(=S)n1-c1c(Cl)cc(F)cc1Cl. The molecule has 0 aliphatic carbocycles. The van der Waals surface area contributed by atoms with Crippen molar-refractivity contribution in [2.75, 3.05) is 5.73 Å². The number of hydrogen-bond acceptors (Lipinski definition) is 3. The van der Waals surface area contributed by atoms with E-state index in [1.54, 1.807) is 0 Å². The fourth-order valence-corrected chi connectivity index (χ4v) is 2.13. The molecule has 16 heavy (non-hydrogen) atoms. The van der Waals surface area contributed by atoms with Crippen LogP contribution in [0, 0.1) is 10.6 Å². The van der Waals surface area contributed by atoms with Crippen molar-refractivity contribution in [1.82, 2.24) is 14.8 Å². The predicted octanol–water partition coefficient (Wildman–Crippen LogP) is 2.96. The topological polar surface area (TPSA) is 59.6 Å². The van der Waals surface area contributed by atoms with Crippen LogP contribution in [-0.4, -0.2) is 14.8 Å². The summed E-state index contributed by atoms with van der Waals surface area (Å²) in [6.07, 6.45) is 0. The fraction of sp³-hybridized carbons (Fsp3) is 0. The average molecular weight is 279 g/mol. The van der Waals surface area contributed by atoms with E-state index in [0.717, 1.165) is 12.1 Å². The molecule has 0 fully saturated rings. The zero-order valence-electron chi connectivity index (χ0n) is 7.67. The molecule has 84 valence electrons. The molecule has 0 bridgehead atoms. The van der Waals surface area contributed by atoms with E-state index in [9.17, 15) is 4.39 Å². The lowest BCUT2D eigenvalue weighted by atomic mass is 10.3. The van der Waals surface area contributed by atoms with Crippen LogP contribution >= 0.6 is 35.4 Å². The van der Waals surface area contributed by atoms with Crippen LogP contribution in [0.15, 0.2) is 12.1 Å². The molecule has 2 rings (SSSR count). The van der Waals surface area contributed by atoms with Gasteiger partial charge in [0.2, 0.25) is 10.7 Å². The monoisotopic (exact) mass is 278 g/mol. The second-order valence-electron chi connectivity index (χ2n) is 2.94. The highest BCUT2D eigenvalue weighted by molar-refractivity contribution is 7.71. The Bertz CT molecular complexity index is 583. The molecule has 2 aromatic rings. The Kier molecular flexibility index (Phi) is 2.88. The van der Waals surface area contributed by atoms with E-state index in [-0.39, 0.29) is 20.8 Å². The number of rotatable bonds is 1. The summed E-state index contributed by atoms with van der Waals surface area (Å²) in [7, 11) is 0. The highest BCUT2D eigenvalue weighted by atomic mass is 35.5. The highest BCUT2D eigenvalue weighted by Gasteiger charge is 2.14. The van der Waals surface area contributed by atoms with Crippen molar-refractivity contribution in [2.45, 2.75) is 0 Å². The number of nitrogen functional groups attached to an aromatic ring is 1. The van der Waals surface area contributed by atoms with Crippen LogP contribution in [0.25, 0.3) is 5.69 Å². The van der Waals surface area contributed by atoms with E-state index in [1.807, 2.05) is 0 Å². The van der Waals surface area contributed by atoms with E-state index in [1.165, 1.54) is 4.57 Å². The van der Waals surface area contributed by atoms with E-state index < -0.39 is 5.82 Å². The van der Waals surface area contributed by atoms with Crippen molar-refractivity contribution in [1.29, 1.82) is 0 Å². The molecule has 0 unspecified atom stereocenters. The minimum atomic E-state index is -0.535. The number of halogens is 3. The molecule has 8 heteroatoms. The Labute approximate surface area is 105 Å². The molecular formula is C8H5Cl2FN4S. The standard InChI is InChI=1S/C8H5Cl2FN4S/c9-4-1-3(11)2-5(10)6(4)15-7(12)13-14-8(15)16/h1-2H,(H2,12,13)(H,14,16). The van der Waals surface area contributed by atoms with Crippen molar-refractivity contribution < 1.29 is 4.39 Å². The number of aromatic nitrogens is 3. The van der Waals surface area contributed by atoms with E-state index in [2.05, 4.69) is 10.2 Å². The number of nitrogens with zero attached hydrogens (tertiary/aromatic N) is 2. The van der Waals surface area contributed by atoms with Gasteiger partial charge >= 0.3 is 0 Å². The average Bonchev–Trinajstić information content (AvgIpc) is 2.47. The first-order valence-corrected chi connectivity index (χ1v) is 5.25. The molecule has 1 aromatic heterocycles. The van der Waals surface area contributed by atoms with Crippen LogP contribution in [0.4, 0.5) is 10.3 Å². The van der Waals surface area contributed by atoms with Crippen molar-refractivity contribution in [3.05, 3.63) is 32.8 Å². The maximum absolute atomic E-state index is 13.0. The van der Waals surface area contributed by atoms with Crippen molar-refractivity contribution in [3.8, 4) is 5.69 Å². The number of nitrogens with two attached hydrogens (primary N) is 1. The van der Waals surface area contributed by atoms with Gasteiger partial charge in [-0.25, -0.2) is 9.49 Å². The molecular weight excluding hydrogens is 274 g/mol. The van der Waals surface area contributed by atoms with Gasteiger partial charge in [0.1, 0.15) is 5.82 Å². The van der Waals surface area contributed by atoms with Gasteiger partial charge in [-0.3, -0.25) is 4.57 Å². The first kappa shape index (κ1) is 11.4. The lowest BCUT2D eigenvalue weighted by molar-refractivity contribution is 0.627. The van der Waals surface area contributed by atoms with Crippen molar-refractivity contribution >= 4 is 41.4 Å². The lowest BCUT2D eigenvalue weighted by Gasteiger charge is -2.08. The van der Waals surface area contributed by atoms with Gasteiger partial charge < -0.3 is 5.73 Å². The largest absolute Gasteiger partial charge is 0.368 e. The van der Waals surface area contributed by atoms with Crippen LogP contribution in [0.2, 0.25) is 10.0 Å². The summed E-state index contributed by atoms with van der Waals surface area (Å²) in [6.45, 7) is 0. The maximum atomic E-state index is 13.0. The number of H-pyrrole nitrogens is 1. The summed E-state index contributed by atoms with van der Waals surface area (Å²) >= 11 is 16.7. The van der Waals surface area contributed by atoms with Gasteiger partial charge in [0, 0.05) is 0 Å². The molecule has 0 radical (unpaired) electrons. The molecule has 0 saturated carbocycles. The highest BCUT2D eigenvalue weighted by Crippen LogP contribution is 2.31. The van der Waals surface area contributed by atoms with Gasteiger partial charge in [0.15, 0.2) is 0 Å². The minimum Gasteiger partial charge on any atom is -0.368 e. The quantitative estimate of drug-likeness (QED) is 0.789. The molecule has 0 atom stereocenters. The van der Waals surface area contributed by atoms with Crippen LogP contribution in [0.3, 0.4) is 0 Å². The molecule has 0 spiro atoms. The Morgan fingerprint density at radius 1 is 1.38 bits per heavy atom. The zero-order valence-corrected chi connectivity index (χ0v) is 10.00. The molecule has 0 aliphatic heterocycles. The fourth-order valence-electron chi connectivity index (χ4n) is 1.27. The van der Waals surface area contributed by atoms with Gasteiger partial charge in [-0.15, -0.1) is 5.10 Å². The number of benzene rings is 1. The summed E-state index contributed by atoms with van der Waals surface area (Å²) in [5, 5.41) is 6.41. The van der Waals surface area contributed by atoms with E-state index in [4.69, 9.17) is 41.2 Å². The van der Waals surface area contributed by atoms with Gasteiger partial charge in [-0.2, -0.15) is 0 Å². The Morgan fingerprint density at radius 2 is 1.94 bits per heavy atom. The van der Waals surface area contributed by atoms with Crippen molar-refractivity contribution in [3.63, 3.8) is 0 Å². The molecule has 3 N–H and O–H groups in total. The van der Waals surface area contributed by atoms with E-state index in [0.29, 0.717) is 5.69 Å². The summed E-state index contributed by atoms with van der Waals surface area (Å²) < 4.78 is 14.6. The van der Waals surface area contributed by atoms with Gasteiger partial charge in [-0.1, -0.05) is 23.2 Å². The van der Waals surface area contributed by atoms with Gasteiger partial charge in [0.05, 0.1) is 15.7 Å². The second-order valence-corrected chi connectivity index (χ2v) is 4.14. The molecule has 1 heterocycles. The van der Waals surface area contributed by atoms with Crippen LogP contribution in [0.5, 0.6) is 0 Å². The number of anilines is 1. The molecule has 4 nitrogen and oxygen atoms in total. The van der Waals surface area contributed by atoms with Gasteiger partial charge in [0.25, 0.3) is 0 Å². The summed E-state index contributed by atoms with van der Waals surface area (Å²) in [6, 6.07) is 2.24. The third kappa shape index (κ3) is 1.79. The number of hydrogen-bond donors (Lipinski definition) is 2. The first-order valence-electron chi connectivity index (χ1n) is 4.08. The zero-order chi connectivity index (χ0) is 11.9. The lowest BCUT2D eigenvalue weighted by Crippen LogP contribution is -2.02. The van der Waals surface area contributed by atoms with E-state index >= 15 is 0 Å². The Balaban J connectivity index is 2.79. The van der Waals surface area contributed by atoms with Crippen molar-refractivity contribution in [2.24, 2.45) is 0 Å². The predicted molar refractivity (Wildman–Crippen MR) is 63.1 cm³/mol. The second kappa shape index (κ2) is 4.04. The molecule has 1 aromatic carbocycles.